The zero-order valence-corrected chi connectivity index (χ0v) is 9.01. The van der Waals surface area contributed by atoms with E-state index in [4.69, 9.17) is 5.73 Å². The predicted molar refractivity (Wildman–Crippen MR) is 58.0 cm³/mol. The molecule has 78 valence electrons. The van der Waals surface area contributed by atoms with E-state index in [1.54, 1.807) is 0 Å². The normalized spacial score (nSPS) is 26.3. The molecule has 1 aliphatic carbocycles. The largest absolute Gasteiger partial charge is 0.369 e. The van der Waals surface area contributed by atoms with Gasteiger partial charge in [-0.1, -0.05) is 20.3 Å². The van der Waals surface area contributed by atoms with Gasteiger partial charge in [0.2, 0.25) is 0 Å². The molecular weight excluding hydrogens is 174 g/mol. The summed E-state index contributed by atoms with van der Waals surface area (Å²) in [6.45, 7) is 4.69. The number of rotatable bonds is 1. The van der Waals surface area contributed by atoms with E-state index in [9.17, 15) is 0 Å². The molecular formula is C11H19N3. The van der Waals surface area contributed by atoms with Crippen molar-refractivity contribution in [2.24, 2.45) is 5.41 Å². The van der Waals surface area contributed by atoms with Gasteiger partial charge in [-0.2, -0.15) is 0 Å². The van der Waals surface area contributed by atoms with Crippen molar-refractivity contribution in [2.75, 3.05) is 5.73 Å². The fourth-order valence-corrected chi connectivity index (χ4v) is 2.52. The number of aromatic amines is 1. The van der Waals surface area contributed by atoms with Crippen LogP contribution in [0.1, 0.15) is 51.1 Å². The second-order valence-corrected chi connectivity index (χ2v) is 5.18. The van der Waals surface area contributed by atoms with Gasteiger partial charge >= 0.3 is 0 Å². The summed E-state index contributed by atoms with van der Waals surface area (Å²) in [5, 5.41) is 0. The lowest BCUT2D eigenvalue weighted by Gasteiger charge is -2.34. The number of nitrogens with one attached hydrogen (secondary N) is 1. The van der Waals surface area contributed by atoms with Crippen molar-refractivity contribution in [1.82, 2.24) is 9.97 Å². The average Bonchev–Trinajstić information content (AvgIpc) is 2.50. The fourth-order valence-electron chi connectivity index (χ4n) is 2.52. The number of aromatic nitrogens is 2. The first-order valence-corrected chi connectivity index (χ1v) is 5.37. The van der Waals surface area contributed by atoms with Crippen LogP contribution in [0.2, 0.25) is 0 Å². The van der Waals surface area contributed by atoms with Crippen LogP contribution in [0.4, 0.5) is 5.95 Å². The van der Waals surface area contributed by atoms with Gasteiger partial charge in [0, 0.05) is 11.6 Å². The third-order valence-corrected chi connectivity index (χ3v) is 3.26. The van der Waals surface area contributed by atoms with E-state index >= 15 is 0 Å². The number of nitrogens with two attached hydrogens (primary N) is 1. The minimum Gasteiger partial charge on any atom is -0.369 e. The molecule has 0 amide bonds. The summed E-state index contributed by atoms with van der Waals surface area (Å²) < 4.78 is 0. The van der Waals surface area contributed by atoms with Gasteiger partial charge < -0.3 is 10.7 Å². The Morgan fingerprint density at radius 3 is 2.93 bits per heavy atom. The molecule has 3 heteroatoms. The van der Waals surface area contributed by atoms with Gasteiger partial charge in [-0.05, 0) is 24.7 Å². The van der Waals surface area contributed by atoms with Gasteiger partial charge in [-0.25, -0.2) is 4.98 Å². The average molecular weight is 193 g/mol. The van der Waals surface area contributed by atoms with E-state index in [0.29, 0.717) is 17.3 Å². The van der Waals surface area contributed by atoms with Crippen molar-refractivity contribution in [3.63, 3.8) is 0 Å². The third kappa shape index (κ3) is 1.91. The minimum atomic E-state index is 0.475. The lowest BCUT2D eigenvalue weighted by molar-refractivity contribution is 0.217. The highest BCUT2D eigenvalue weighted by Gasteiger charge is 2.29. The summed E-state index contributed by atoms with van der Waals surface area (Å²) in [4.78, 5) is 7.21. The highest BCUT2D eigenvalue weighted by Crippen LogP contribution is 2.42. The van der Waals surface area contributed by atoms with Gasteiger partial charge in [-0.3, -0.25) is 0 Å². The van der Waals surface area contributed by atoms with Crippen LogP contribution >= 0.6 is 0 Å². The summed E-state index contributed by atoms with van der Waals surface area (Å²) >= 11 is 0. The standard InChI is InChI=1S/C11H19N3/c1-11(2)5-3-4-8(6-11)9-7-13-10(12)14-9/h7-8H,3-6H2,1-2H3,(H3,12,13,14). The summed E-state index contributed by atoms with van der Waals surface area (Å²) in [6.07, 6.45) is 7.06. The summed E-state index contributed by atoms with van der Waals surface area (Å²) in [6, 6.07) is 0. The van der Waals surface area contributed by atoms with E-state index < -0.39 is 0 Å². The first-order valence-electron chi connectivity index (χ1n) is 5.37. The number of nitrogen functional groups attached to an aromatic ring is 1. The Morgan fingerprint density at radius 1 is 1.57 bits per heavy atom. The Bertz CT molecular complexity index is 314. The SMILES string of the molecule is CC1(C)CCCC(c2cnc(N)[nH]2)C1. The van der Waals surface area contributed by atoms with E-state index in [2.05, 4.69) is 23.8 Å². The van der Waals surface area contributed by atoms with Crippen LogP contribution in [0.25, 0.3) is 0 Å². The molecule has 1 saturated carbocycles. The Labute approximate surface area is 85.1 Å². The van der Waals surface area contributed by atoms with Crippen LogP contribution in [0, 0.1) is 5.41 Å². The highest BCUT2D eigenvalue weighted by atomic mass is 15.0. The summed E-state index contributed by atoms with van der Waals surface area (Å²) in [5.41, 5.74) is 7.28. The molecule has 0 saturated heterocycles. The third-order valence-electron chi connectivity index (χ3n) is 3.26. The van der Waals surface area contributed by atoms with Crippen molar-refractivity contribution in [3.05, 3.63) is 11.9 Å². The number of H-pyrrole nitrogens is 1. The van der Waals surface area contributed by atoms with Gasteiger partial charge in [0.15, 0.2) is 5.95 Å². The van der Waals surface area contributed by atoms with Crippen LogP contribution in [0.15, 0.2) is 6.20 Å². The minimum absolute atomic E-state index is 0.475. The van der Waals surface area contributed by atoms with Gasteiger partial charge in [-0.15, -0.1) is 0 Å². The monoisotopic (exact) mass is 193 g/mol. The van der Waals surface area contributed by atoms with Crippen molar-refractivity contribution in [2.45, 2.75) is 45.4 Å². The molecule has 2 rings (SSSR count). The van der Waals surface area contributed by atoms with Crippen molar-refractivity contribution in [3.8, 4) is 0 Å². The first kappa shape index (κ1) is 9.56. The maximum absolute atomic E-state index is 5.59. The first-order chi connectivity index (χ1) is 6.57. The Hall–Kier alpha value is -0.990. The Morgan fingerprint density at radius 2 is 2.36 bits per heavy atom. The van der Waals surface area contributed by atoms with E-state index in [-0.39, 0.29) is 0 Å². The molecule has 1 aromatic rings. The molecule has 0 spiro atoms. The molecule has 3 N–H and O–H groups in total. The molecule has 14 heavy (non-hydrogen) atoms. The van der Waals surface area contributed by atoms with Gasteiger partial charge in [0.05, 0.1) is 6.20 Å². The number of anilines is 1. The molecule has 1 heterocycles. The number of hydrogen-bond acceptors (Lipinski definition) is 2. The molecule has 1 fully saturated rings. The van der Waals surface area contributed by atoms with Crippen molar-refractivity contribution < 1.29 is 0 Å². The van der Waals surface area contributed by atoms with Gasteiger partial charge in [0.1, 0.15) is 0 Å². The number of imidazole rings is 1. The van der Waals surface area contributed by atoms with Crippen LogP contribution < -0.4 is 5.73 Å². The second kappa shape index (κ2) is 3.30. The molecule has 1 aromatic heterocycles. The lowest BCUT2D eigenvalue weighted by Crippen LogP contribution is -2.21. The summed E-state index contributed by atoms with van der Waals surface area (Å²) in [7, 11) is 0. The zero-order valence-electron chi connectivity index (χ0n) is 9.01. The number of nitrogens with zero attached hydrogens (tertiary/aromatic N) is 1. The van der Waals surface area contributed by atoms with Gasteiger partial charge in [0.25, 0.3) is 0 Å². The van der Waals surface area contributed by atoms with Crippen LogP contribution in [-0.2, 0) is 0 Å². The smallest absolute Gasteiger partial charge is 0.197 e. The fraction of sp³-hybridized carbons (Fsp3) is 0.727. The topological polar surface area (TPSA) is 54.7 Å². The number of hydrogen-bond donors (Lipinski definition) is 2. The maximum atomic E-state index is 5.59. The van der Waals surface area contributed by atoms with E-state index in [0.717, 1.165) is 0 Å². The molecule has 1 atom stereocenters. The Kier molecular flexibility index (Phi) is 2.25. The predicted octanol–water partition coefficient (Wildman–Crippen LogP) is 2.68. The highest BCUT2D eigenvalue weighted by molar-refractivity contribution is 5.21. The maximum Gasteiger partial charge on any atom is 0.197 e. The quantitative estimate of drug-likeness (QED) is 0.720. The molecule has 3 nitrogen and oxygen atoms in total. The van der Waals surface area contributed by atoms with Crippen molar-refractivity contribution >= 4 is 5.95 Å². The summed E-state index contributed by atoms with van der Waals surface area (Å²) in [5.74, 6) is 1.17. The zero-order chi connectivity index (χ0) is 10.2. The molecule has 1 aliphatic rings. The van der Waals surface area contributed by atoms with Crippen LogP contribution in [0.5, 0.6) is 0 Å². The van der Waals surface area contributed by atoms with Crippen LogP contribution in [-0.4, -0.2) is 9.97 Å². The Balaban J connectivity index is 2.12. The van der Waals surface area contributed by atoms with E-state index in [1.165, 1.54) is 31.4 Å². The lowest BCUT2D eigenvalue weighted by atomic mass is 9.71. The van der Waals surface area contributed by atoms with Crippen LogP contribution in [0.3, 0.4) is 0 Å². The molecule has 1 unspecified atom stereocenters. The molecule has 0 bridgehead atoms. The van der Waals surface area contributed by atoms with E-state index in [1.807, 2.05) is 6.20 Å². The molecule has 0 aromatic carbocycles. The second-order valence-electron chi connectivity index (χ2n) is 5.18. The molecule has 0 aliphatic heterocycles. The molecule has 0 radical (unpaired) electrons. The van der Waals surface area contributed by atoms with Crippen molar-refractivity contribution in [1.29, 1.82) is 0 Å².